The molecule has 0 aliphatic heterocycles. The third-order valence-corrected chi connectivity index (χ3v) is 3.53. The minimum Gasteiger partial charge on any atom is -0.439 e. The molecule has 0 saturated heterocycles. The highest BCUT2D eigenvalue weighted by Crippen LogP contribution is 2.28. The van der Waals surface area contributed by atoms with E-state index in [-0.39, 0.29) is 0 Å². The summed E-state index contributed by atoms with van der Waals surface area (Å²) in [5.41, 5.74) is 2.00. The number of aromatic nitrogens is 1. The average molecular weight is 271 g/mol. The minimum absolute atomic E-state index is 0.457. The van der Waals surface area contributed by atoms with Crippen LogP contribution in [0.3, 0.4) is 0 Å². The molecule has 1 aromatic carbocycles. The Balaban J connectivity index is 2.18. The van der Waals surface area contributed by atoms with Crippen LogP contribution < -0.4 is 4.74 Å². The lowest BCUT2D eigenvalue weighted by Gasteiger charge is -2.13. The van der Waals surface area contributed by atoms with Gasteiger partial charge in [0.25, 0.3) is 0 Å². The first kappa shape index (κ1) is 14.5. The maximum atomic E-state index is 9.71. The average Bonchev–Trinajstić information content (AvgIpc) is 2.47. The first-order valence-corrected chi connectivity index (χ1v) is 7.02. The van der Waals surface area contributed by atoms with E-state index in [1.54, 1.807) is 19.2 Å². The van der Waals surface area contributed by atoms with Gasteiger partial charge in [-0.15, -0.1) is 0 Å². The summed E-state index contributed by atoms with van der Waals surface area (Å²) in [5, 5.41) is 9.71. The summed E-state index contributed by atoms with van der Waals surface area (Å²) in [6.07, 6.45) is 2.18. The van der Waals surface area contributed by atoms with Crippen LogP contribution >= 0.6 is 0 Å². The predicted octanol–water partition coefficient (Wildman–Crippen LogP) is 4.44. The highest BCUT2D eigenvalue weighted by atomic mass is 16.5. The molecule has 2 aromatic rings. The van der Waals surface area contributed by atoms with Gasteiger partial charge >= 0.3 is 0 Å². The molecule has 2 atom stereocenters. The van der Waals surface area contributed by atoms with Gasteiger partial charge in [-0.05, 0) is 49.1 Å². The van der Waals surface area contributed by atoms with Crippen molar-refractivity contribution in [2.24, 2.45) is 0 Å². The fourth-order valence-corrected chi connectivity index (χ4v) is 2.02. The number of hydrogen-bond acceptors (Lipinski definition) is 3. The summed E-state index contributed by atoms with van der Waals surface area (Å²) in [6, 6.07) is 11.7. The second kappa shape index (κ2) is 6.53. The van der Waals surface area contributed by atoms with Crippen LogP contribution in [0.2, 0.25) is 0 Å². The maximum Gasteiger partial charge on any atom is 0.225 e. The SMILES string of the molecule is CCC(C)c1ccc(Oc2ncccc2[C@@H](C)O)cc1. The molecular formula is C17H21NO2. The van der Waals surface area contributed by atoms with Crippen LogP contribution in [0, 0.1) is 0 Å². The van der Waals surface area contributed by atoms with Gasteiger partial charge in [0, 0.05) is 11.8 Å². The summed E-state index contributed by atoms with van der Waals surface area (Å²) in [5.74, 6) is 1.74. The number of pyridine rings is 1. The van der Waals surface area contributed by atoms with Crippen LogP contribution in [-0.2, 0) is 0 Å². The first-order chi connectivity index (χ1) is 9.61. The molecule has 1 aromatic heterocycles. The van der Waals surface area contributed by atoms with E-state index in [0.717, 1.165) is 12.2 Å². The Labute approximate surface area is 120 Å². The lowest BCUT2D eigenvalue weighted by Crippen LogP contribution is -1.98. The molecule has 0 aliphatic carbocycles. The number of aliphatic hydroxyl groups is 1. The standard InChI is InChI=1S/C17H21NO2/c1-4-12(2)14-7-9-15(10-8-14)20-17-16(13(3)19)6-5-11-18-17/h5-13,19H,4H2,1-3H3/t12?,13-/m1/s1. The van der Waals surface area contributed by atoms with E-state index in [2.05, 4.69) is 31.0 Å². The summed E-state index contributed by atoms with van der Waals surface area (Å²) < 4.78 is 5.77. The second-order valence-electron chi connectivity index (χ2n) is 5.05. The van der Waals surface area contributed by atoms with Crippen molar-refractivity contribution in [1.29, 1.82) is 0 Å². The predicted molar refractivity (Wildman–Crippen MR) is 80.1 cm³/mol. The van der Waals surface area contributed by atoms with Gasteiger partial charge in [-0.1, -0.05) is 26.0 Å². The summed E-state index contributed by atoms with van der Waals surface area (Å²) in [7, 11) is 0. The molecule has 0 saturated carbocycles. The molecule has 0 fully saturated rings. The molecule has 0 radical (unpaired) electrons. The molecule has 3 nitrogen and oxygen atoms in total. The topological polar surface area (TPSA) is 42.4 Å². The van der Waals surface area contributed by atoms with Crippen molar-refractivity contribution in [3.05, 3.63) is 53.7 Å². The van der Waals surface area contributed by atoms with Crippen LogP contribution in [0.25, 0.3) is 0 Å². The fourth-order valence-electron chi connectivity index (χ4n) is 2.02. The second-order valence-corrected chi connectivity index (χ2v) is 5.05. The van der Waals surface area contributed by atoms with Crippen molar-refractivity contribution in [1.82, 2.24) is 4.98 Å². The van der Waals surface area contributed by atoms with Crippen molar-refractivity contribution in [3.63, 3.8) is 0 Å². The van der Waals surface area contributed by atoms with Crippen LogP contribution in [0.1, 0.15) is 50.3 Å². The Morgan fingerprint density at radius 3 is 2.45 bits per heavy atom. The number of ether oxygens (including phenoxy) is 1. The molecule has 20 heavy (non-hydrogen) atoms. The Hall–Kier alpha value is -1.87. The van der Waals surface area contributed by atoms with E-state index in [4.69, 9.17) is 4.74 Å². The van der Waals surface area contributed by atoms with Crippen LogP contribution in [-0.4, -0.2) is 10.1 Å². The largest absolute Gasteiger partial charge is 0.439 e. The molecule has 1 unspecified atom stereocenters. The molecule has 0 spiro atoms. The molecule has 1 N–H and O–H groups in total. The minimum atomic E-state index is -0.599. The monoisotopic (exact) mass is 271 g/mol. The number of aliphatic hydroxyl groups excluding tert-OH is 1. The van der Waals surface area contributed by atoms with Crippen molar-refractivity contribution in [3.8, 4) is 11.6 Å². The van der Waals surface area contributed by atoms with Gasteiger partial charge in [-0.3, -0.25) is 0 Å². The van der Waals surface area contributed by atoms with E-state index >= 15 is 0 Å². The highest BCUT2D eigenvalue weighted by molar-refractivity contribution is 5.35. The molecular weight excluding hydrogens is 250 g/mol. The number of benzene rings is 1. The zero-order valence-electron chi connectivity index (χ0n) is 12.2. The number of rotatable bonds is 5. The van der Waals surface area contributed by atoms with Crippen molar-refractivity contribution >= 4 is 0 Å². The van der Waals surface area contributed by atoms with Crippen LogP contribution in [0.15, 0.2) is 42.6 Å². The van der Waals surface area contributed by atoms with Crippen molar-refractivity contribution in [2.75, 3.05) is 0 Å². The highest BCUT2D eigenvalue weighted by Gasteiger charge is 2.11. The van der Waals surface area contributed by atoms with Crippen molar-refractivity contribution < 1.29 is 9.84 Å². The van der Waals surface area contributed by atoms with E-state index in [9.17, 15) is 5.11 Å². The molecule has 2 rings (SSSR count). The van der Waals surface area contributed by atoms with Gasteiger partial charge in [-0.2, -0.15) is 0 Å². The molecule has 106 valence electrons. The lowest BCUT2D eigenvalue weighted by atomic mass is 9.99. The van der Waals surface area contributed by atoms with Gasteiger partial charge < -0.3 is 9.84 Å². The molecule has 1 heterocycles. The van der Waals surface area contributed by atoms with E-state index < -0.39 is 6.10 Å². The number of nitrogens with zero attached hydrogens (tertiary/aromatic N) is 1. The smallest absolute Gasteiger partial charge is 0.225 e. The van der Waals surface area contributed by atoms with Gasteiger partial charge in [0.05, 0.1) is 6.10 Å². The van der Waals surface area contributed by atoms with Gasteiger partial charge in [0.2, 0.25) is 5.88 Å². The Bertz CT molecular complexity index is 549. The molecule has 0 bridgehead atoms. The zero-order chi connectivity index (χ0) is 14.5. The molecule has 3 heteroatoms. The molecule has 0 amide bonds. The quantitative estimate of drug-likeness (QED) is 0.874. The summed E-state index contributed by atoms with van der Waals surface area (Å²) in [4.78, 5) is 4.19. The van der Waals surface area contributed by atoms with Gasteiger partial charge in [0.15, 0.2) is 0 Å². The van der Waals surface area contributed by atoms with E-state index in [0.29, 0.717) is 17.4 Å². The van der Waals surface area contributed by atoms with Crippen LogP contribution in [0.5, 0.6) is 11.6 Å². The number of hydrogen-bond donors (Lipinski definition) is 1. The summed E-state index contributed by atoms with van der Waals surface area (Å²) >= 11 is 0. The molecule has 0 aliphatic rings. The zero-order valence-corrected chi connectivity index (χ0v) is 12.2. The van der Waals surface area contributed by atoms with E-state index in [1.807, 2.05) is 18.2 Å². The first-order valence-electron chi connectivity index (χ1n) is 7.02. The fraction of sp³-hybridized carbons (Fsp3) is 0.353. The lowest BCUT2D eigenvalue weighted by molar-refractivity contribution is 0.194. The summed E-state index contributed by atoms with van der Waals surface area (Å²) in [6.45, 7) is 6.09. The Morgan fingerprint density at radius 1 is 1.15 bits per heavy atom. The Kier molecular flexibility index (Phi) is 4.74. The normalized spacial score (nSPS) is 13.8. The van der Waals surface area contributed by atoms with Gasteiger partial charge in [0.1, 0.15) is 5.75 Å². The third kappa shape index (κ3) is 3.36. The van der Waals surface area contributed by atoms with Crippen LogP contribution in [0.4, 0.5) is 0 Å². The maximum absolute atomic E-state index is 9.71. The Morgan fingerprint density at radius 2 is 1.85 bits per heavy atom. The van der Waals surface area contributed by atoms with Crippen molar-refractivity contribution in [2.45, 2.75) is 39.2 Å². The third-order valence-electron chi connectivity index (χ3n) is 3.53. The van der Waals surface area contributed by atoms with Gasteiger partial charge in [-0.25, -0.2) is 4.98 Å². The van der Waals surface area contributed by atoms with E-state index in [1.165, 1.54) is 5.56 Å².